The van der Waals surface area contributed by atoms with Crippen LogP contribution in [0, 0.1) is 0 Å². The van der Waals surface area contributed by atoms with Crippen molar-refractivity contribution in [3.05, 3.63) is 24.5 Å². The van der Waals surface area contributed by atoms with Crippen molar-refractivity contribution < 1.29 is 58.3 Å². The van der Waals surface area contributed by atoms with Gasteiger partial charge >= 0.3 is 13.8 Å². The second kappa shape index (κ2) is 40.0. The highest BCUT2D eigenvalue weighted by molar-refractivity contribution is 7.47. The van der Waals surface area contributed by atoms with Crippen LogP contribution in [-0.4, -0.2) is 92.3 Å². The molecule has 0 spiro atoms. The minimum atomic E-state index is -5.03. The number of aliphatic hydroxyl groups is 5. The highest BCUT2D eigenvalue weighted by atomic mass is 31.2. The van der Waals surface area contributed by atoms with Crippen molar-refractivity contribution in [1.82, 2.24) is 0 Å². The van der Waals surface area contributed by atoms with Crippen molar-refractivity contribution in [3.63, 3.8) is 0 Å². The first kappa shape index (κ1) is 58.7. The van der Waals surface area contributed by atoms with E-state index in [4.69, 9.17) is 18.5 Å². The Morgan fingerprint density at radius 1 is 0.500 bits per heavy atom. The summed E-state index contributed by atoms with van der Waals surface area (Å²) in [5.41, 5.74) is 0. The molecule has 1 rings (SSSR count). The number of hydrogen-bond acceptors (Lipinski definition) is 11. The van der Waals surface area contributed by atoms with E-state index in [0.29, 0.717) is 6.42 Å². The lowest BCUT2D eigenvalue weighted by molar-refractivity contribution is -0.220. The number of phosphoric acid groups is 1. The smallest absolute Gasteiger partial charge is 0.472 e. The number of carbonyl (C=O) groups excluding carboxylic acids is 1. The first-order valence-electron chi connectivity index (χ1n) is 25.2. The molecule has 1 aliphatic rings. The van der Waals surface area contributed by atoms with Gasteiger partial charge in [-0.2, -0.15) is 0 Å². The van der Waals surface area contributed by atoms with Crippen LogP contribution in [0.25, 0.3) is 0 Å². The summed E-state index contributed by atoms with van der Waals surface area (Å²) in [6, 6.07) is 0. The molecule has 12 nitrogen and oxygen atoms in total. The van der Waals surface area contributed by atoms with Crippen LogP contribution >= 0.6 is 7.82 Å². The Morgan fingerprint density at radius 2 is 0.855 bits per heavy atom. The maximum Gasteiger partial charge on any atom is 0.472 e. The van der Waals surface area contributed by atoms with Gasteiger partial charge < -0.3 is 39.9 Å². The fraction of sp³-hybridized carbons (Fsp3) is 0.898. The molecule has 0 bridgehead atoms. The van der Waals surface area contributed by atoms with Crippen molar-refractivity contribution in [2.75, 3.05) is 13.2 Å². The SMILES string of the molecule is CCCCCCCC/C=C\CCCCCCCCCC(=O)O[C@H](CO/C=C\CCCCCCCCCCCCCCCCCC)COP(=O)(O)OC1C(O)C(O)C(O)[C@@H](O)C1O. The van der Waals surface area contributed by atoms with Crippen LogP contribution in [0.5, 0.6) is 0 Å². The molecule has 8 atom stereocenters. The number of aliphatic hydroxyl groups excluding tert-OH is 5. The lowest BCUT2D eigenvalue weighted by Crippen LogP contribution is -2.64. The molecule has 0 aromatic rings. The number of allylic oxidation sites excluding steroid dienone is 3. The van der Waals surface area contributed by atoms with Gasteiger partial charge in [0.25, 0.3) is 0 Å². The van der Waals surface area contributed by atoms with Crippen LogP contribution in [0.3, 0.4) is 0 Å². The summed E-state index contributed by atoms with van der Waals surface area (Å²) in [5, 5.41) is 50.2. The standard InChI is InChI=1S/C49H93O12P/c1-3-5-7-9-11-13-15-17-19-21-23-25-27-29-31-33-35-37-39-58-40-42(41-59-62(56,57)61-49-47(54)45(52)44(51)46(53)48(49)55)60-43(50)38-36-34-32-30-28-26-24-22-20-18-16-14-12-10-8-6-4-2/h18,20,37,39,42,44-49,51-55H,3-17,19,21-36,38,40-41H2,1-2H3,(H,56,57)/b20-18-,39-37-/t42-,44?,45-,46?,47?,48?,49?/m1/s1. The molecule has 0 radical (unpaired) electrons. The van der Waals surface area contributed by atoms with E-state index in [2.05, 4.69) is 26.0 Å². The van der Waals surface area contributed by atoms with Crippen molar-refractivity contribution in [2.45, 2.75) is 268 Å². The van der Waals surface area contributed by atoms with Crippen LogP contribution in [0.15, 0.2) is 24.5 Å². The normalized spacial score (nSPS) is 22.1. The quantitative estimate of drug-likeness (QED) is 0.0112. The van der Waals surface area contributed by atoms with Crippen LogP contribution in [0.4, 0.5) is 0 Å². The third-order valence-electron chi connectivity index (χ3n) is 11.9. The largest absolute Gasteiger partial charge is 0.498 e. The monoisotopic (exact) mass is 905 g/mol. The van der Waals surface area contributed by atoms with Crippen molar-refractivity contribution in [3.8, 4) is 0 Å². The predicted molar refractivity (Wildman–Crippen MR) is 249 cm³/mol. The zero-order valence-corrected chi connectivity index (χ0v) is 40.1. The number of ether oxygens (including phenoxy) is 2. The van der Waals surface area contributed by atoms with Gasteiger partial charge in [0.1, 0.15) is 43.2 Å². The van der Waals surface area contributed by atoms with Gasteiger partial charge in [-0.25, -0.2) is 4.57 Å². The third kappa shape index (κ3) is 31.5. The zero-order chi connectivity index (χ0) is 45.5. The maximum absolute atomic E-state index is 12.8. The molecule has 0 saturated heterocycles. The van der Waals surface area contributed by atoms with E-state index in [-0.39, 0.29) is 13.0 Å². The Morgan fingerprint density at radius 3 is 1.27 bits per heavy atom. The molecule has 0 aromatic heterocycles. The van der Waals surface area contributed by atoms with E-state index >= 15 is 0 Å². The van der Waals surface area contributed by atoms with E-state index in [9.17, 15) is 39.8 Å². The van der Waals surface area contributed by atoms with E-state index in [1.807, 2.05) is 6.08 Å². The summed E-state index contributed by atoms with van der Waals surface area (Å²) in [4.78, 5) is 23.2. The molecule has 6 N–H and O–H groups in total. The molecular formula is C49H93O12P. The van der Waals surface area contributed by atoms with Crippen LogP contribution in [0.2, 0.25) is 0 Å². The number of unbranched alkanes of at least 4 members (excludes halogenated alkanes) is 29. The lowest BCUT2D eigenvalue weighted by Gasteiger charge is -2.41. The maximum atomic E-state index is 12.8. The molecule has 0 heterocycles. The van der Waals surface area contributed by atoms with E-state index in [1.54, 1.807) is 0 Å². The Labute approximate surface area is 377 Å². The number of carbonyl (C=O) groups is 1. The molecule has 366 valence electrons. The van der Waals surface area contributed by atoms with Crippen LogP contribution in [0.1, 0.15) is 226 Å². The van der Waals surface area contributed by atoms with Gasteiger partial charge in [-0.05, 0) is 51.0 Å². The summed E-state index contributed by atoms with van der Waals surface area (Å²) in [7, 11) is -5.03. The number of phosphoric ester groups is 1. The lowest BCUT2D eigenvalue weighted by atomic mass is 9.85. The van der Waals surface area contributed by atoms with Gasteiger partial charge in [0.05, 0.1) is 12.9 Å². The molecule has 1 saturated carbocycles. The summed E-state index contributed by atoms with van der Waals surface area (Å²) in [5.74, 6) is -0.501. The van der Waals surface area contributed by atoms with Gasteiger partial charge in [0, 0.05) is 6.42 Å². The Bertz CT molecular complexity index is 1120. The Balaban J connectivity index is 2.38. The number of hydrogen-bond donors (Lipinski definition) is 6. The van der Waals surface area contributed by atoms with Crippen molar-refractivity contribution >= 4 is 13.8 Å². The van der Waals surface area contributed by atoms with Gasteiger partial charge in [-0.1, -0.05) is 187 Å². The van der Waals surface area contributed by atoms with E-state index in [1.165, 1.54) is 154 Å². The second-order valence-corrected chi connectivity index (χ2v) is 19.1. The van der Waals surface area contributed by atoms with Crippen LogP contribution < -0.4 is 0 Å². The van der Waals surface area contributed by atoms with E-state index < -0.39 is 63.1 Å². The van der Waals surface area contributed by atoms with E-state index in [0.717, 1.165) is 51.4 Å². The topological polar surface area (TPSA) is 192 Å². The summed E-state index contributed by atoms with van der Waals surface area (Å²) in [6.45, 7) is 3.74. The highest BCUT2D eigenvalue weighted by Gasteiger charge is 2.51. The molecular weight excluding hydrogens is 812 g/mol. The Kier molecular flexibility index (Phi) is 37.8. The third-order valence-corrected chi connectivity index (χ3v) is 12.9. The number of esters is 1. The summed E-state index contributed by atoms with van der Waals surface area (Å²) in [6.07, 6.45) is 34.7. The van der Waals surface area contributed by atoms with Gasteiger partial charge in [-0.15, -0.1) is 0 Å². The van der Waals surface area contributed by atoms with Gasteiger partial charge in [0.15, 0.2) is 6.10 Å². The fourth-order valence-electron chi connectivity index (χ4n) is 7.85. The zero-order valence-electron chi connectivity index (χ0n) is 39.2. The highest BCUT2D eigenvalue weighted by Crippen LogP contribution is 2.47. The first-order chi connectivity index (χ1) is 30.0. The molecule has 13 heteroatoms. The summed E-state index contributed by atoms with van der Waals surface area (Å²) < 4.78 is 34.0. The minimum absolute atomic E-state index is 0.159. The van der Waals surface area contributed by atoms with Crippen molar-refractivity contribution in [1.29, 1.82) is 0 Å². The second-order valence-electron chi connectivity index (χ2n) is 17.7. The molecule has 0 aliphatic heterocycles. The van der Waals surface area contributed by atoms with Crippen molar-refractivity contribution in [2.24, 2.45) is 0 Å². The minimum Gasteiger partial charge on any atom is -0.498 e. The molecule has 0 amide bonds. The molecule has 6 unspecified atom stereocenters. The van der Waals surface area contributed by atoms with Crippen LogP contribution in [-0.2, 0) is 27.9 Å². The molecule has 1 fully saturated rings. The fourth-order valence-corrected chi connectivity index (χ4v) is 8.82. The molecule has 1 aliphatic carbocycles. The van der Waals surface area contributed by atoms with Gasteiger partial charge in [-0.3, -0.25) is 13.8 Å². The van der Waals surface area contributed by atoms with Gasteiger partial charge in [0.2, 0.25) is 0 Å². The average Bonchev–Trinajstić information content (AvgIpc) is 3.26. The molecule has 62 heavy (non-hydrogen) atoms. The number of rotatable bonds is 43. The summed E-state index contributed by atoms with van der Waals surface area (Å²) >= 11 is 0. The molecule has 0 aromatic carbocycles. The first-order valence-corrected chi connectivity index (χ1v) is 26.7. The average molecular weight is 905 g/mol. The Hall–Kier alpha value is -1.34. The predicted octanol–water partition coefficient (Wildman–Crippen LogP) is 11.2.